The summed E-state index contributed by atoms with van der Waals surface area (Å²) in [6.45, 7) is 4.03. The number of hydrogen-bond acceptors (Lipinski definition) is 4. The maximum Gasteiger partial charge on any atom is 0.227 e. The fourth-order valence-electron chi connectivity index (χ4n) is 2.14. The van der Waals surface area contributed by atoms with Gasteiger partial charge in [0.2, 0.25) is 5.95 Å². The minimum absolute atomic E-state index is 0. The molecule has 5 heteroatoms. The topological polar surface area (TPSA) is 50.7 Å². The van der Waals surface area contributed by atoms with Crippen LogP contribution in [0.25, 0.3) is 11.3 Å². The van der Waals surface area contributed by atoms with Crippen molar-refractivity contribution < 1.29 is 0 Å². The number of pyridine rings is 1. The Morgan fingerprint density at radius 1 is 0.909 bits per heavy atom. The Bertz CT molecular complexity index is 774. The molecule has 0 amide bonds. The number of aryl methyl sites for hydroxylation is 2. The molecule has 2 heterocycles. The summed E-state index contributed by atoms with van der Waals surface area (Å²) >= 11 is 0. The maximum absolute atomic E-state index is 4.56. The highest BCUT2D eigenvalue weighted by Crippen LogP contribution is 2.20. The number of rotatable bonds is 3. The van der Waals surface area contributed by atoms with E-state index < -0.39 is 0 Å². The number of nitrogens with one attached hydrogen (secondary N) is 1. The summed E-state index contributed by atoms with van der Waals surface area (Å²) in [5.74, 6) is 0.590. The zero-order chi connectivity index (χ0) is 14.7. The third-order valence-electron chi connectivity index (χ3n) is 3.12. The van der Waals surface area contributed by atoms with E-state index in [0.717, 1.165) is 22.6 Å². The van der Waals surface area contributed by atoms with E-state index >= 15 is 0 Å². The second-order valence-corrected chi connectivity index (χ2v) is 4.95. The van der Waals surface area contributed by atoms with E-state index in [1.54, 1.807) is 12.4 Å². The van der Waals surface area contributed by atoms with Crippen LogP contribution in [0.1, 0.15) is 11.3 Å². The van der Waals surface area contributed by atoms with Gasteiger partial charge in [-0.15, -0.1) is 12.4 Å². The van der Waals surface area contributed by atoms with Crippen LogP contribution in [0.4, 0.5) is 11.6 Å². The van der Waals surface area contributed by atoms with Crippen LogP contribution in [0, 0.1) is 13.8 Å². The van der Waals surface area contributed by atoms with Gasteiger partial charge >= 0.3 is 0 Å². The Balaban J connectivity index is 0.00000176. The third kappa shape index (κ3) is 3.80. The lowest BCUT2D eigenvalue weighted by molar-refractivity contribution is 1.15. The summed E-state index contributed by atoms with van der Waals surface area (Å²) < 4.78 is 0. The molecule has 0 radical (unpaired) electrons. The molecule has 0 saturated carbocycles. The van der Waals surface area contributed by atoms with Gasteiger partial charge in [0.05, 0.1) is 5.69 Å². The summed E-state index contributed by atoms with van der Waals surface area (Å²) in [7, 11) is 0. The monoisotopic (exact) mass is 312 g/mol. The summed E-state index contributed by atoms with van der Waals surface area (Å²) in [6, 6.07) is 14.0. The lowest BCUT2D eigenvalue weighted by Crippen LogP contribution is -1.98. The number of anilines is 2. The van der Waals surface area contributed by atoms with Crippen LogP contribution in [0.2, 0.25) is 0 Å². The van der Waals surface area contributed by atoms with Crippen molar-refractivity contribution in [1.29, 1.82) is 0 Å². The molecular formula is C17H17ClN4. The lowest BCUT2D eigenvalue weighted by atomic mass is 10.1. The number of benzene rings is 1. The first-order valence-electron chi connectivity index (χ1n) is 6.80. The zero-order valence-electron chi connectivity index (χ0n) is 12.4. The van der Waals surface area contributed by atoms with Gasteiger partial charge in [-0.1, -0.05) is 12.1 Å². The average molecular weight is 313 g/mol. The Morgan fingerprint density at radius 3 is 2.50 bits per heavy atom. The van der Waals surface area contributed by atoms with Gasteiger partial charge in [0.15, 0.2) is 0 Å². The highest BCUT2D eigenvalue weighted by Gasteiger charge is 2.03. The van der Waals surface area contributed by atoms with Gasteiger partial charge in [-0.25, -0.2) is 9.97 Å². The molecule has 0 atom stereocenters. The van der Waals surface area contributed by atoms with Crippen molar-refractivity contribution in [3.05, 3.63) is 66.1 Å². The highest BCUT2D eigenvalue weighted by molar-refractivity contribution is 5.85. The van der Waals surface area contributed by atoms with Crippen molar-refractivity contribution in [3.8, 4) is 11.3 Å². The van der Waals surface area contributed by atoms with E-state index in [4.69, 9.17) is 0 Å². The molecule has 0 bridgehead atoms. The van der Waals surface area contributed by atoms with Crippen molar-refractivity contribution in [2.24, 2.45) is 0 Å². The van der Waals surface area contributed by atoms with E-state index in [-0.39, 0.29) is 12.4 Å². The fourth-order valence-corrected chi connectivity index (χ4v) is 2.14. The van der Waals surface area contributed by atoms with Gasteiger partial charge in [0.25, 0.3) is 0 Å². The molecule has 3 aromatic rings. The number of nitrogens with zero attached hydrogens (tertiary/aromatic N) is 3. The van der Waals surface area contributed by atoms with Crippen molar-refractivity contribution >= 4 is 24.0 Å². The Morgan fingerprint density at radius 2 is 1.73 bits per heavy atom. The van der Waals surface area contributed by atoms with Crippen LogP contribution < -0.4 is 5.32 Å². The Kier molecular flexibility index (Phi) is 5.07. The molecule has 0 unspecified atom stereocenters. The molecule has 2 aromatic heterocycles. The van der Waals surface area contributed by atoms with Crippen LogP contribution >= 0.6 is 12.4 Å². The molecular weight excluding hydrogens is 296 g/mol. The van der Waals surface area contributed by atoms with E-state index in [9.17, 15) is 0 Å². The third-order valence-corrected chi connectivity index (χ3v) is 3.12. The number of aromatic nitrogens is 3. The molecule has 0 aliphatic carbocycles. The Hall–Kier alpha value is -2.46. The first-order chi connectivity index (χ1) is 10.2. The molecule has 22 heavy (non-hydrogen) atoms. The number of halogens is 1. The molecule has 0 saturated heterocycles. The maximum atomic E-state index is 4.56. The van der Waals surface area contributed by atoms with Gasteiger partial charge in [0, 0.05) is 29.3 Å². The van der Waals surface area contributed by atoms with Crippen LogP contribution in [-0.4, -0.2) is 15.0 Å². The van der Waals surface area contributed by atoms with Gasteiger partial charge in [-0.05, 0) is 49.7 Å². The van der Waals surface area contributed by atoms with Gasteiger partial charge in [-0.3, -0.25) is 4.98 Å². The quantitative estimate of drug-likeness (QED) is 0.782. The fraction of sp³-hybridized carbons (Fsp3) is 0.118. The first kappa shape index (κ1) is 15.9. The minimum atomic E-state index is 0. The van der Waals surface area contributed by atoms with E-state index in [1.165, 1.54) is 5.56 Å². The number of hydrogen-bond donors (Lipinski definition) is 1. The van der Waals surface area contributed by atoms with Crippen LogP contribution in [-0.2, 0) is 0 Å². The summed E-state index contributed by atoms with van der Waals surface area (Å²) in [5.41, 5.74) is 5.07. The van der Waals surface area contributed by atoms with E-state index in [2.05, 4.69) is 39.3 Å². The highest BCUT2D eigenvalue weighted by atomic mass is 35.5. The molecule has 4 nitrogen and oxygen atoms in total. The van der Waals surface area contributed by atoms with Crippen LogP contribution in [0.5, 0.6) is 0 Å². The molecule has 112 valence electrons. The van der Waals surface area contributed by atoms with Crippen molar-refractivity contribution in [2.45, 2.75) is 13.8 Å². The SMILES string of the molecule is Cc1cccc(Nc2nccc(-c3ccnc(C)c3)n2)c1.Cl. The van der Waals surface area contributed by atoms with Crippen molar-refractivity contribution in [1.82, 2.24) is 15.0 Å². The average Bonchev–Trinajstić information content (AvgIpc) is 2.47. The molecule has 0 aliphatic heterocycles. The van der Waals surface area contributed by atoms with Crippen molar-refractivity contribution in [2.75, 3.05) is 5.32 Å². The summed E-state index contributed by atoms with van der Waals surface area (Å²) in [4.78, 5) is 13.0. The lowest BCUT2D eigenvalue weighted by Gasteiger charge is -2.07. The van der Waals surface area contributed by atoms with Crippen LogP contribution in [0.3, 0.4) is 0 Å². The normalized spacial score (nSPS) is 9.91. The second-order valence-electron chi connectivity index (χ2n) is 4.95. The van der Waals surface area contributed by atoms with Gasteiger partial charge in [0.1, 0.15) is 0 Å². The van der Waals surface area contributed by atoms with Crippen molar-refractivity contribution in [3.63, 3.8) is 0 Å². The van der Waals surface area contributed by atoms with Gasteiger partial charge < -0.3 is 5.32 Å². The van der Waals surface area contributed by atoms with E-state index in [0.29, 0.717) is 5.95 Å². The summed E-state index contributed by atoms with van der Waals surface area (Å²) in [5, 5.41) is 3.23. The zero-order valence-corrected chi connectivity index (χ0v) is 13.3. The molecule has 1 aromatic carbocycles. The second kappa shape index (κ2) is 7.00. The molecule has 1 N–H and O–H groups in total. The molecule has 3 rings (SSSR count). The predicted molar refractivity (Wildman–Crippen MR) is 91.7 cm³/mol. The largest absolute Gasteiger partial charge is 0.324 e. The molecule has 0 aliphatic rings. The summed E-state index contributed by atoms with van der Waals surface area (Å²) in [6.07, 6.45) is 3.55. The molecule has 0 spiro atoms. The molecule has 0 fully saturated rings. The first-order valence-corrected chi connectivity index (χ1v) is 6.80. The smallest absolute Gasteiger partial charge is 0.227 e. The van der Waals surface area contributed by atoms with Gasteiger partial charge in [-0.2, -0.15) is 0 Å². The van der Waals surface area contributed by atoms with E-state index in [1.807, 2.05) is 37.3 Å². The van der Waals surface area contributed by atoms with Crippen LogP contribution in [0.15, 0.2) is 54.9 Å². The standard InChI is InChI=1S/C17H16N4.ClH/c1-12-4-3-5-15(10-12)20-17-19-9-7-16(21-17)14-6-8-18-13(2)11-14;/h3-11H,1-2H3,(H,19,20,21);1H. The minimum Gasteiger partial charge on any atom is -0.324 e. The predicted octanol–water partition coefficient (Wildman–Crippen LogP) is 4.32. The Labute approximate surface area is 136 Å².